The molecule has 0 aliphatic rings. The lowest BCUT2D eigenvalue weighted by Gasteiger charge is -2.16. The first-order chi connectivity index (χ1) is 9.95. The topological polar surface area (TPSA) is 55.6 Å². The first-order valence-electron chi connectivity index (χ1n) is 6.51. The van der Waals surface area contributed by atoms with E-state index in [0.717, 1.165) is 11.3 Å². The molecule has 0 N–H and O–H groups in total. The molecule has 21 heavy (non-hydrogen) atoms. The van der Waals surface area contributed by atoms with E-state index in [-0.39, 0.29) is 12.5 Å². The highest BCUT2D eigenvalue weighted by Crippen LogP contribution is 2.21. The molecule has 0 bridgehead atoms. The number of aryl methyl sites for hydroxylation is 2. The number of carbonyl (C=O) groups excluding carboxylic acids is 1. The monoisotopic (exact) mass is 308 g/mol. The molecule has 0 unspecified atom stereocenters. The molecule has 1 aromatic carbocycles. The molecular formula is C15H17ClN2O3. The average Bonchev–Trinajstić information content (AvgIpc) is 2.85. The highest BCUT2D eigenvalue weighted by atomic mass is 35.5. The van der Waals surface area contributed by atoms with E-state index >= 15 is 0 Å². The minimum Gasteiger partial charge on any atom is -0.484 e. The summed E-state index contributed by atoms with van der Waals surface area (Å²) < 4.78 is 10.4. The van der Waals surface area contributed by atoms with Crippen molar-refractivity contribution >= 4 is 17.5 Å². The van der Waals surface area contributed by atoms with Crippen LogP contribution < -0.4 is 4.74 Å². The fourth-order valence-corrected chi connectivity index (χ4v) is 1.90. The average molecular weight is 309 g/mol. The van der Waals surface area contributed by atoms with Gasteiger partial charge < -0.3 is 14.2 Å². The van der Waals surface area contributed by atoms with Crippen LogP contribution in [0.2, 0.25) is 5.02 Å². The molecule has 0 aliphatic heterocycles. The minimum absolute atomic E-state index is 0.0333. The third-order valence-electron chi connectivity index (χ3n) is 2.99. The number of amides is 1. The highest BCUT2D eigenvalue weighted by molar-refractivity contribution is 6.31. The van der Waals surface area contributed by atoms with Crippen molar-refractivity contribution in [1.82, 2.24) is 10.1 Å². The molecule has 0 saturated carbocycles. The van der Waals surface area contributed by atoms with Crippen molar-refractivity contribution in [3.05, 3.63) is 46.3 Å². The first kappa shape index (κ1) is 15.4. The second-order valence-electron chi connectivity index (χ2n) is 4.88. The number of carbonyl (C=O) groups is 1. The van der Waals surface area contributed by atoms with Crippen LogP contribution in [0.25, 0.3) is 0 Å². The summed E-state index contributed by atoms with van der Waals surface area (Å²) in [5.74, 6) is 1.21. The van der Waals surface area contributed by atoms with Gasteiger partial charge in [-0.15, -0.1) is 0 Å². The van der Waals surface area contributed by atoms with E-state index in [1.807, 2.05) is 13.8 Å². The molecule has 2 aromatic rings. The van der Waals surface area contributed by atoms with Gasteiger partial charge in [0.25, 0.3) is 5.91 Å². The Balaban J connectivity index is 1.87. The summed E-state index contributed by atoms with van der Waals surface area (Å²) in [6.45, 7) is 4.05. The van der Waals surface area contributed by atoms with Gasteiger partial charge in [0, 0.05) is 18.1 Å². The number of aromatic nitrogens is 1. The number of rotatable bonds is 5. The molecule has 1 amide bonds. The van der Waals surface area contributed by atoms with Crippen LogP contribution in [-0.4, -0.2) is 29.6 Å². The summed E-state index contributed by atoms with van der Waals surface area (Å²) in [5, 5.41) is 4.53. The lowest BCUT2D eigenvalue weighted by molar-refractivity contribution is -0.132. The summed E-state index contributed by atoms with van der Waals surface area (Å²) in [5.41, 5.74) is 1.62. The van der Waals surface area contributed by atoms with Gasteiger partial charge in [-0.3, -0.25) is 4.79 Å². The smallest absolute Gasteiger partial charge is 0.260 e. The van der Waals surface area contributed by atoms with Gasteiger partial charge in [0.2, 0.25) is 0 Å². The lowest BCUT2D eigenvalue weighted by Crippen LogP contribution is -2.31. The third-order valence-corrected chi connectivity index (χ3v) is 3.42. The predicted molar refractivity (Wildman–Crippen MR) is 79.4 cm³/mol. The standard InChI is InChI=1S/C15H17ClN2O3/c1-10-6-13(4-5-14(10)16)20-9-15(19)18(3)8-12-7-11(2)21-17-12/h4-7H,8-9H2,1-3H3. The molecule has 0 atom stereocenters. The van der Waals surface area contributed by atoms with E-state index < -0.39 is 0 Å². The van der Waals surface area contributed by atoms with Gasteiger partial charge >= 0.3 is 0 Å². The third kappa shape index (κ3) is 4.23. The zero-order valence-electron chi connectivity index (χ0n) is 12.2. The Morgan fingerprint density at radius 1 is 1.38 bits per heavy atom. The van der Waals surface area contributed by atoms with Crippen LogP contribution in [0.1, 0.15) is 17.0 Å². The summed E-state index contributed by atoms with van der Waals surface area (Å²) >= 11 is 5.94. The maximum atomic E-state index is 12.0. The molecule has 5 nitrogen and oxygen atoms in total. The van der Waals surface area contributed by atoms with Crippen molar-refractivity contribution in [2.75, 3.05) is 13.7 Å². The fraction of sp³-hybridized carbons (Fsp3) is 0.333. The van der Waals surface area contributed by atoms with Crippen LogP contribution in [-0.2, 0) is 11.3 Å². The van der Waals surface area contributed by atoms with Crippen LogP contribution >= 0.6 is 11.6 Å². The highest BCUT2D eigenvalue weighted by Gasteiger charge is 2.12. The van der Waals surface area contributed by atoms with E-state index in [2.05, 4.69) is 5.16 Å². The number of benzene rings is 1. The molecule has 0 aliphatic carbocycles. The van der Waals surface area contributed by atoms with E-state index in [0.29, 0.717) is 23.0 Å². The molecular weight excluding hydrogens is 292 g/mol. The second kappa shape index (κ2) is 6.63. The summed E-state index contributed by atoms with van der Waals surface area (Å²) in [6, 6.07) is 7.09. The number of halogens is 1. The van der Waals surface area contributed by atoms with Crippen molar-refractivity contribution in [1.29, 1.82) is 0 Å². The van der Waals surface area contributed by atoms with E-state index in [1.165, 1.54) is 0 Å². The minimum atomic E-state index is -0.136. The van der Waals surface area contributed by atoms with Crippen LogP contribution in [0.15, 0.2) is 28.8 Å². The van der Waals surface area contributed by atoms with E-state index in [4.69, 9.17) is 20.9 Å². The lowest BCUT2D eigenvalue weighted by atomic mass is 10.2. The molecule has 1 heterocycles. The SMILES string of the molecule is Cc1cc(CN(C)C(=O)COc2ccc(Cl)c(C)c2)no1. The van der Waals surface area contributed by atoms with Crippen LogP contribution in [0, 0.1) is 13.8 Å². The number of hydrogen-bond acceptors (Lipinski definition) is 4. The first-order valence-corrected chi connectivity index (χ1v) is 6.88. The van der Waals surface area contributed by atoms with Crippen molar-refractivity contribution in [3.63, 3.8) is 0 Å². The molecule has 2 rings (SSSR count). The summed E-state index contributed by atoms with van der Waals surface area (Å²) in [7, 11) is 1.70. The second-order valence-corrected chi connectivity index (χ2v) is 5.29. The van der Waals surface area contributed by atoms with Gasteiger partial charge in [-0.1, -0.05) is 16.8 Å². The quantitative estimate of drug-likeness (QED) is 0.852. The van der Waals surface area contributed by atoms with Crippen LogP contribution in [0.5, 0.6) is 5.75 Å². The Bertz CT molecular complexity index is 640. The molecule has 1 aromatic heterocycles. The van der Waals surface area contributed by atoms with E-state index in [9.17, 15) is 4.79 Å². The molecule has 112 valence electrons. The molecule has 0 saturated heterocycles. The van der Waals surface area contributed by atoms with Crippen LogP contribution in [0.4, 0.5) is 0 Å². The Labute approximate surface area is 128 Å². The number of likely N-dealkylation sites (N-methyl/N-ethyl adjacent to an activating group) is 1. The largest absolute Gasteiger partial charge is 0.484 e. The summed E-state index contributed by atoms with van der Waals surface area (Å²) in [4.78, 5) is 13.5. The number of hydrogen-bond donors (Lipinski definition) is 0. The molecule has 6 heteroatoms. The number of ether oxygens (including phenoxy) is 1. The summed E-state index contributed by atoms with van der Waals surface area (Å²) in [6.07, 6.45) is 0. The zero-order valence-corrected chi connectivity index (χ0v) is 13.0. The van der Waals surface area contributed by atoms with Gasteiger partial charge in [0.15, 0.2) is 6.61 Å². The van der Waals surface area contributed by atoms with E-state index in [1.54, 1.807) is 36.2 Å². The maximum absolute atomic E-state index is 12.0. The van der Waals surface area contributed by atoms with Gasteiger partial charge in [-0.05, 0) is 37.6 Å². The van der Waals surface area contributed by atoms with Gasteiger partial charge in [-0.2, -0.15) is 0 Å². The van der Waals surface area contributed by atoms with Crippen molar-refractivity contribution in [2.45, 2.75) is 20.4 Å². The Morgan fingerprint density at radius 3 is 2.76 bits per heavy atom. The van der Waals surface area contributed by atoms with Crippen LogP contribution in [0.3, 0.4) is 0 Å². The van der Waals surface area contributed by atoms with Crippen molar-refractivity contribution in [3.8, 4) is 5.75 Å². The Hall–Kier alpha value is -2.01. The predicted octanol–water partition coefficient (Wildman–Crippen LogP) is 2.98. The molecule has 0 radical (unpaired) electrons. The Kier molecular flexibility index (Phi) is 4.85. The van der Waals surface area contributed by atoms with Gasteiger partial charge in [0.1, 0.15) is 17.2 Å². The zero-order chi connectivity index (χ0) is 15.4. The molecule has 0 spiro atoms. The van der Waals surface area contributed by atoms with Gasteiger partial charge in [0.05, 0.1) is 6.54 Å². The molecule has 0 fully saturated rings. The Morgan fingerprint density at radius 2 is 2.14 bits per heavy atom. The van der Waals surface area contributed by atoms with Crippen molar-refractivity contribution < 1.29 is 14.1 Å². The van der Waals surface area contributed by atoms with Crippen molar-refractivity contribution in [2.24, 2.45) is 0 Å². The number of nitrogens with zero attached hydrogens (tertiary/aromatic N) is 2. The van der Waals surface area contributed by atoms with Gasteiger partial charge in [-0.25, -0.2) is 0 Å². The fourth-order valence-electron chi connectivity index (χ4n) is 1.79. The maximum Gasteiger partial charge on any atom is 0.260 e. The normalized spacial score (nSPS) is 10.5.